The minimum atomic E-state index is -1.48. The number of rotatable bonds is 2. The Bertz CT molecular complexity index is 395. The minimum Gasteiger partial charge on any atom is -0.543 e. The van der Waals surface area contributed by atoms with Gasteiger partial charge in [0.15, 0.2) is 0 Å². The van der Waals surface area contributed by atoms with Crippen molar-refractivity contribution < 1.29 is 20.0 Å². The molecule has 0 radical (unpaired) electrons. The maximum Gasteiger partial charge on any atom is 0.352 e. The molecule has 0 spiro atoms. The van der Waals surface area contributed by atoms with Crippen LogP contribution in [0.25, 0.3) is 0 Å². The fourth-order valence-corrected chi connectivity index (χ4v) is 0.963. The first kappa shape index (κ1) is 9.93. The number of nitrogens with two attached hydrogens (primary N) is 2. The number of quaternary nitrogens is 1. The number of primary amides is 1. The predicted molar refractivity (Wildman–Crippen MR) is 43.3 cm³/mol. The van der Waals surface area contributed by atoms with Crippen molar-refractivity contribution in [2.75, 3.05) is 0 Å². The van der Waals surface area contributed by atoms with E-state index in [-0.39, 0.29) is 11.3 Å². The lowest BCUT2D eigenvalue weighted by Crippen LogP contribution is -2.93. The van der Waals surface area contributed by atoms with Gasteiger partial charge >= 0.3 is 5.91 Å². The molecule has 0 aliphatic carbocycles. The van der Waals surface area contributed by atoms with E-state index in [4.69, 9.17) is 11.1 Å². The Labute approximate surface area is 78.4 Å². The van der Waals surface area contributed by atoms with E-state index in [1.165, 1.54) is 12.3 Å². The second-order valence-electron chi connectivity index (χ2n) is 2.52. The molecule has 0 bridgehead atoms. The van der Waals surface area contributed by atoms with Crippen molar-refractivity contribution in [3.8, 4) is 0 Å². The number of aromatic nitrogens is 1. The second-order valence-corrected chi connectivity index (χ2v) is 2.52. The zero-order valence-electron chi connectivity index (χ0n) is 7.03. The molecule has 0 saturated carbocycles. The number of amides is 1. The third-order valence-electron chi connectivity index (χ3n) is 1.50. The van der Waals surface area contributed by atoms with Crippen molar-refractivity contribution in [3.63, 3.8) is 0 Å². The second kappa shape index (κ2) is 3.71. The van der Waals surface area contributed by atoms with Gasteiger partial charge < -0.3 is 20.6 Å². The quantitative estimate of drug-likeness (QED) is 0.295. The Morgan fingerprint density at radius 3 is 2.71 bits per heavy atom. The number of hydrogen-bond donors (Lipinski definition) is 4. The predicted octanol–water partition coefficient (Wildman–Crippen LogP) is -3.02. The van der Waals surface area contributed by atoms with Crippen molar-refractivity contribution in [2.24, 2.45) is 5.73 Å². The van der Waals surface area contributed by atoms with Crippen LogP contribution >= 0.6 is 0 Å². The van der Waals surface area contributed by atoms with Gasteiger partial charge in [0.05, 0.1) is 11.7 Å². The summed E-state index contributed by atoms with van der Waals surface area (Å²) in [5.74, 6) is -2.55. The fraction of sp³-hybridized carbons (Fsp3) is 0. The topological polar surface area (TPSA) is 139 Å². The van der Waals surface area contributed by atoms with E-state index in [9.17, 15) is 14.7 Å². The lowest BCUT2D eigenvalue weighted by molar-refractivity contribution is -0.433. The van der Waals surface area contributed by atoms with Crippen molar-refractivity contribution in [1.82, 2.24) is 4.98 Å². The molecule has 6 N–H and O–H groups in total. The Balaban J connectivity index is 2.95. The number of carboxylic acid groups (broad SMARTS) is 1. The van der Waals surface area contributed by atoms with Gasteiger partial charge in [-0.25, -0.2) is 15.5 Å². The van der Waals surface area contributed by atoms with E-state index in [1.807, 2.05) is 0 Å². The largest absolute Gasteiger partial charge is 0.543 e. The van der Waals surface area contributed by atoms with E-state index in [2.05, 4.69) is 4.98 Å². The van der Waals surface area contributed by atoms with Crippen LogP contribution in [0.3, 0.4) is 0 Å². The summed E-state index contributed by atoms with van der Waals surface area (Å²) in [6.07, 6.45) is 1.30. The molecule has 7 nitrogen and oxygen atoms in total. The minimum absolute atomic E-state index is 0.0693. The highest BCUT2D eigenvalue weighted by atomic mass is 16.4. The SMILES string of the molecule is N=C(N)[NH2+]C(=O)c1cc[nH]c1C(=O)[O-]. The number of hydrogen-bond acceptors (Lipinski definition) is 4. The third-order valence-corrected chi connectivity index (χ3v) is 1.50. The van der Waals surface area contributed by atoms with Crippen molar-refractivity contribution in [3.05, 3.63) is 23.5 Å². The van der Waals surface area contributed by atoms with Crippen LogP contribution in [0.4, 0.5) is 0 Å². The van der Waals surface area contributed by atoms with Gasteiger partial charge in [-0.1, -0.05) is 0 Å². The van der Waals surface area contributed by atoms with E-state index in [1.54, 1.807) is 0 Å². The number of guanidine groups is 1. The molecule has 0 saturated heterocycles. The zero-order chi connectivity index (χ0) is 10.7. The summed E-state index contributed by atoms with van der Waals surface area (Å²) in [5, 5.41) is 18.1. The van der Waals surface area contributed by atoms with E-state index < -0.39 is 17.8 Å². The zero-order valence-corrected chi connectivity index (χ0v) is 7.03. The van der Waals surface area contributed by atoms with Gasteiger partial charge in [0.2, 0.25) is 0 Å². The molecule has 7 heteroatoms. The van der Waals surface area contributed by atoms with Crippen LogP contribution in [0.1, 0.15) is 20.8 Å². The first-order valence-corrected chi connectivity index (χ1v) is 3.64. The number of carboxylic acids is 1. The van der Waals surface area contributed by atoms with Crippen LogP contribution in [-0.2, 0) is 0 Å². The smallest absolute Gasteiger partial charge is 0.352 e. The van der Waals surface area contributed by atoms with Crippen molar-refractivity contribution >= 4 is 17.8 Å². The molecule has 0 fully saturated rings. The summed E-state index contributed by atoms with van der Waals surface area (Å²) in [7, 11) is 0. The molecule has 0 aromatic carbocycles. The molecule has 0 unspecified atom stereocenters. The molecule has 1 aromatic rings. The molecule has 1 amide bonds. The molecule has 1 heterocycles. The molecular formula is C7H8N4O3. The summed E-state index contributed by atoms with van der Waals surface area (Å²) in [6, 6.07) is 1.28. The summed E-state index contributed by atoms with van der Waals surface area (Å²) in [6.45, 7) is 0. The highest BCUT2D eigenvalue weighted by Gasteiger charge is 2.17. The van der Waals surface area contributed by atoms with Crippen LogP contribution < -0.4 is 16.2 Å². The molecule has 0 atom stereocenters. The summed E-state index contributed by atoms with van der Waals surface area (Å²) in [5.41, 5.74) is 4.58. The standard InChI is InChI=1S/C7H8N4O3/c8-7(9)11-5(12)3-1-2-10-4(3)6(13)14/h1-2,10H,(H,13,14)(H4,8,9,11,12). The van der Waals surface area contributed by atoms with Gasteiger partial charge in [-0.15, -0.1) is 0 Å². The Morgan fingerprint density at radius 1 is 1.57 bits per heavy atom. The highest BCUT2D eigenvalue weighted by Crippen LogP contribution is 2.03. The lowest BCUT2D eigenvalue weighted by Gasteiger charge is -2.00. The van der Waals surface area contributed by atoms with E-state index >= 15 is 0 Å². The van der Waals surface area contributed by atoms with Crippen LogP contribution in [0.15, 0.2) is 12.3 Å². The monoisotopic (exact) mass is 196 g/mol. The Morgan fingerprint density at radius 2 is 2.21 bits per heavy atom. The van der Waals surface area contributed by atoms with Crippen LogP contribution in [0.5, 0.6) is 0 Å². The molecule has 14 heavy (non-hydrogen) atoms. The average molecular weight is 196 g/mol. The van der Waals surface area contributed by atoms with Crippen LogP contribution in [-0.4, -0.2) is 22.8 Å². The van der Waals surface area contributed by atoms with Crippen molar-refractivity contribution in [1.29, 1.82) is 5.41 Å². The molecule has 0 aliphatic heterocycles. The number of carbonyl (C=O) groups excluding carboxylic acids is 2. The molecule has 0 aliphatic rings. The first-order chi connectivity index (χ1) is 6.52. The van der Waals surface area contributed by atoms with Gasteiger partial charge in [-0.3, -0.25) is 0 Å². The maximum atomic E-state index is 11.3. The number of aromatic carboxylic acids is 1. The molecule has 1 rings (SSSR count). The maximum absolute atomic E-state index is 11.3. The van der Waals surface area contributed by atoms with Gasteiger partial charge in [-0.05, 0) is 6.07 Å². The normalized spacial score (nSPS) is 9.71. The fourth-order valence-electron chi connectivity index (χ4n) is 0.963. The van der Waals surface area contributed by atoms with Crippen LogP contribution in [0, 0.1) is 5.41 Å². The Hall–Kier alpha value is -2.15. The lowest BCUT2D eigenvalue weighted by atomic mass is 10.2. The number of carbonyl (C=O) groups is 2. The molecule has 74 valence electrons. The number of H-pyrrole nitrogens is 1. The van der Waals surface area contributed by atoms with E-state index in [0.29, 0.717) is 0 Å². The average Bonchev–Trinajstić information content (AvgIpc) is 2.49. The number of aromatic amines is 1. The summed E-state index contributed by atoms with van der Waals surface area (Å²) in [4.78, 5) is 24.1. The van der Waals surface area contributed by atoms with Gasteiger partial charge in [-0.2, -0.15) is 0 Å². The molecule has 1 aromatic heterocycles. The summed E-state index contributed by atoms with van der Waals surface area (Å²) >= 11 is 0. The van der Waals surface area contributed by atoms with Crippen LogP contribution in [0.2, 0.25) is 0 Å². The van der Waals surface area contributed by atoms with Crippen molar-refractivity contribution in [2.45, 2.75) is 0 Å². The third kappa shape index (κ3) is 1.96. The van der Waals surface area contributed by atoms with Gasteiger partial charge in [0, 0.05) is 6.20 Å². The van der Waals surface area contributed by atoms with E-state index in [0.717, 1.165) is 5.32 Å². The Kier molecular flexibility index (Phi) is 2.63. The first-order valence-electron chi connectivity index (χ1n) is 3.64. The summed E-state index contributed by atoms with van der Waals surface area (Å²) < 4.78 is 0. The number of nitrogens with one attached hydrogen (secondary N) is 2. The molecular weight excluding hydrogens is 188 g/mol. The van der Waals surface area contributed by atoms with Gasteiger partial charge in [0.25, 0.3) is 5.96 Å². The highest BCUT2D eigenvalue weighted by molar-refractivity contribution is 6.01. The van der Waals surface area contributed by atoms with Gasteiger partial charge in [0.1, 0.15) is 5.56 Å².